The third-order valence-electron chi connectivity index (χ3n) is 2.60. The largest absolute Gasteiger partial charge is 0.481 e. The van der Waals surface area contributed by atoms with Gasteiger partial charge in [0, 0.05) is 11.3 Å². The quantitative estimate of drug-likeness (QED) is 0.738. The minimum atomic E-state index is -0.873. The van der Waals surface area contributed by atoms with Crippen LogP contribution in [0.4, 0.5) is 5.69 Å². The number of aliphatic carboxylic acids is 1. The van der Waals surface area contributed by atoms with E-state index in [-0.39, 0.29) is 11.9 Å². The monoisotopic (exact) mass is 262 g/mol. The molecule has 18 heavy (non-hydrogen) atoms. The highest BCUT2D eigenvalue weighted by Gasteiger charge is 2.30. The number of nitrogens with one attached hydrogen (secondary N) is 2. The molecule has 0 spiro atoms. The summed E-state index contributed by atoms with van der Waals surface area (Å²) >= 11 is 1.13. The topological polar surface area (TPSA) is 86.1 Å². The van der Waals surface area contributed by atoms with Crippen LogP contribution >= 0.6 is 11.8 Å². The normalized spacial score (nSPS) is 19.9. The van der Waals surface area contributed by atoms with Crippen LogP contribution in [0.2, 0.25) is 0 Å². The number of aliphatic imine (C=N–C) groups is 1. The van der Waals surface area contributed by atoms with Gasteiger partial charge in [-0.3, -0.25) is 10.2 Å². The molecule has 0 amide bonds. The van der Waals surface area contributed by atoms with Crippen LogP contribution in [0.25, 0.3) is 0 Å². The molecule has 0 fully saturated rings. The number of thioether (sulfide) groups is 1. The van der Waals surface area contributed by atoms with Gasteiger partial charge < -0.3 is 10.4 Å². The van der Waals surface area contributed by atoms with E-state index in [1.54, 1.807) is 0 Å². The van der Waals surface area contributed by atoms with Crippen molar-refractivity contribution in [2.45, 2.75) is 6.17 Å². The molecule has 2 aliphatic rings. The second-order valence-corrected chi connectivity index (χ2v) is 4.78. The number of hydrogen-bond acceptors (Lipinski definition) is 6. The molecule has 0 saturated heterocycles. The maximum atomic E-state index is 10.5. The first-order chi connectivity index (χ1) is 8.74. The molecule has 2 heterocycles. The van der Waals surface area contributed by atoms with Crippen LogP contribution in [0.15, 0.2) is 34.4 Å². The van der Waals surface area contributed by atoms with Gasteiger partial charge in [-0.2, -0.15) is 5.10 Å². The number of carbonyl (C=O) groups is 1. The highest BCUT2D eigenvalue weighted by molar-refractivity contribution is 8.14. The molecule has 3 rings (SSSR count). The van der Waals surface area contributed by atoms with Gasteiger partial charge in [-0.05, 0) is 6.07 Å². The van der Waals surface area contributed by atoms with Crippen molar-refractivity contribution in [1.82, 2.24) is 5.43 Å². The maximum absolute atomic E-state index is 10.5. The Morgan fingerprint density at radius 3 is 3.11 bits per heavy atom. The summed E-state index contributed by atoms with van der Waals surface area (Å²) in [6, 6.07) is 7.84. The Morgan fingerprint density at radius 1 is 1.44 bits per heavy atom. The zero-order valence-electron chi connectivity index (χ0n) is 9.25. The number of hydrazone groups is 1. The lowest BCUT2D eigenvalue weighted by Gasteiger charge is -2.15. The Balaban J connectivity index is 1.79. The minimum absolute atomic E-state index is 0.0314. The van der Waals surface area contributed by atoms with E-state index in [1.165, 1.54) is 0 Å². The molecular formula is C11H10N4O2S. The van der Waals surface area contributed by atoms with Crippen molar-refractivity contribution in [2.24, 2.45) is 10.1 Å². The number of anilines is 1. The first kappa shape index (κ1) is 11.1. The molecule has 1 atom stereocenters. The number of amidine groups is 1. The molecule has 92 valence electrons. The van der Waals surface area contributed by atoms with Gasteiger partial charge in [0.25, 0.3) is 0 Å². The Kier molecular flexibility index (Phi) is 2.67. The number of fused-ring (bicyclic) bond motifs is 3. The van der Waals surface area contributed by atoms with E-state index in [9.17, 15) is 4.79 Å². The zero-order valence-corrected chi connectivity index (χ0v) is 10.1. The summed E-state index contributed by atoms with van der Waals surface area (Å²) in [6.07, 6.45) is -0.222. The van der Waals surface area contributed by atoms with Crippen molar-refractivity contribution in [3.8, 4) is 0 Å². The van der Waals surface area contributed by atoms with Crippen molar-refractivity contribution >= 4 is 34.3 Å². The lowest BCUT2D eigenvalue weighted by atomic mass is 10.1. The summed E-state index contributed by atoms with van der Waals surface area (Å²) in [6.45, 7) is 0. The van der Waals surface area contributed by atoms with E-state index < -0.39 is 5.97 Å². The fraction of sp³-hybridized carbons (Fsp3) is 0.182. The summed E-state index contributed by atoms with van der Waals surface area (Å²) < 4.78 is 0. The predicted molar refractivity (Wildman–Crippen MR) is 71.1 cm³/mol. The van der Waals surface area contributed by atoms with E-state index >= 15 is 0 Å². The molecule has 6 nitrogen and oxygen atoms in total. The van der Waals surface area contributed by atoms with Crippen molar-refractivity contribution in [3.05, 3.63) is 29.8 Å². The van der Waals surface area contributed by atoms with Crippen LogP contribution in [0.1, 0.15) is 5.56 Å². The highest BCUT2D eigenvalue weighted by atomic mass is 32.2. The van der Waals surface area contributed by atoms with Gasteiger partial charge in [-0.1, -0.05) is 30.0 Å². The lowest BCUT2D eigenvalue weighted by molar-refractivity contribution is -0.133. The summed E-state index contributed by atoms with van der Waals surface area (Å²) in [5.41, 5.74) is 5.65. The summed E-state index contributed by atoms with van der Waals surface area (Å²) in [7, 11) is 0. The average Bonchev–Trinajstić information content (AvgIpc) is 2.73. The standard InChI is InChI=1S/C11H10N4O2S/c16-8(17)5-18-11-13-10-9(14-15-11)6-3-1-2-4-7(6)12-10/h1-4,10,12H,5H2,(H,13,15)(H,16,17). The Morgan fingerprint density at radius 2 is 2.28 bits per heavy atom. The Bertz CT molecular complexity index is 570. The summed E-state index contributed by atoms with van der Waals surface area (Å²) in [5, 5.41) is 16.6. The maximum Gasteiger partial charge on any atom is 0.313 e. The number of rotatable bonds is 2. The molecule has 1 aromatic rings. The molecule has 2 aliphatic heterocycles. The molecule has 1 unspecified atom stereocenters. The van der Waals surface area contributed by atoms with Gasteiger partial charge >= 0.3 is 5.97 Å². The molecule has 0 radical (unpaired) electrons. The van der Waals surface area contributed by atoms with E-state index in [0.29, 0.717) is 5.17 Å². The number of hydrogen-bond donors (Lipinski definition) is 3. The van der Waals surface area contributed by atoms with Crippen molar-refractivity contribution in [3.63, 3.8) is 0 Å². The lowest BCUT2D eigenvalue weighted by Crippen LogP contribution is -2.33. The first-order valence-electron chi connectivity index (χ1n) is 5.36. The minimum Gasteiger partial charge on any atom is -0.481 e. The molecule has 0 aliphatic carbocycles. The smallest absolute Gasteiger partial charge is 0.313 e. The molecular weight excluding hydrogens is 252 g/mol. The van der Waals surface area contributed by atoms with E-state index in [4.69, 9.17) is 5.11 Å². The molecule has 7 heteroatoms. The molecule has 0 bridgehead atoms. The average molecular weight is 262 g/mol. The number of carboxylic acids is 1. The Labute approximate surface area is 107 Å². The fourth-order valence-electron chi connectivity index (χ4n) is 1.86. The Hall–Kier alpha value is -2.02. The third-order valence-corrected chi connectivity index (χ3v) is 3.47. The van der Waals surface area contributed by atoms with Crippen LogP contribution in [-0.2, 0) is 4.79 Å². The third kappa shape index (κ3) is 1.92. The first-order valence-corrected chi connectivity index (χ1v) is 6.34. The van der Waals surface area contributed by atoms with Gasteiger partial charge in [0.05, 0.1) is 5.75 Å². The van der Waals surface area contributed by atoms with Crippen LogP contribution < -0.4 is 10.7 Å². The second kappa shape index (κ2) is 4.34. The van der Waals surface area contributed by atoms with Crippen LogP contribution in [0, 0.1) is 0 Å². The van der Waals surface area contributed by atoms with E-state index in [2.05, 4.69) is 20.8 Å². The van der Waals surface area contributed by atoms with Crippen LogP contribution in [0.3, 0.4) is 0 Å². The highest BCUT2D eigenvalue weighted by Crippen LogP contribution is 2.28. The predicted octanol–water partition coefficient (Wildman–Crippen LogP) is 0.919. The molecule has 0 aromatic heterocycles. The van der Waals surface area contributed by atoms with E-state index in [1.807, 2.05) is 24.3 Å². The number of para-hydroxylation sites is 1. The molecule has 3 N–H and O–H groups in total. The molecule has 1 aromatic carbocycles. The van der Waals surface area contributed by atoms with Crippen LogP contribution in [0.5, 0.6) is 0 Å². The van der Waals surface area contributed by atoms with Crippen molar-refractivity contribution in [2.75, 3.05) is 11.1 Å². The number of nitrogens with zero attached hydrogens (tertiary/aromatic N) is 2. The van der Waals surface area contributed by atoms with Crippen molar-refractivity contribution < 1.29 is 9.90 Å². The van der Waals surface area contributed by atoms with Crippen molar-refractivity contribution in [1.29, 1.82) is 0 Å². The van der Waals surface area contributed by atoms with Gasteiger partial charge in [0.1, 0.15) is 5.71 Å². The fourth-order valence-corrected chi connectivity index (χ4v) is 2.41. The van der Waals surface area contributed by atoms with Gasteiger partial charge in [-0.15, -0.1) is 0 Å². The second-order valence-electron chi connectivity index (χ2n) is 3.82. The number of carboxylic acid groups (broad SMARTS) is 1. The van der Waals surface area contributed by atoms with Gasteiger partial charge in [0.2, 0.25) is 0 Å². The SMILES string of the molecule is O=C(O)CSC1=NC2Nc3ccccc3C2=NN1. The number of benzene rings is 1. The molecule has 0 saturated carbocycles. The van der Waals surface area contributed by atoms with Crippen LogP contribution in [-0.4, -0.2) is 33.9 Å². The van der Waals surface area contributed by atoms with E-state index in [0.717, 1.165) is 28.7 Å². The van der Waals surface area contributed by atoms with Gasteiger partial charge in [-0.25, -0.2) is 4.99 Å². The summed E-state index contributed by atoms with van der Waals surface area (Å²) in [5.74, 6) is -0.905. The summed E-state index contributed by atoms with van der Waals surface area (Å²) in [4.78, 5) is 14.9. The van der Waals surface area contributed by atoms with Gasteiger partial charge in [0.15, 0.2) is 11.3 Å². The zero-order chi connectivity index (χ0) is 12.5.